The highest BCUT2D eigenvalue weighted by molar-refractivity contribution is 6.22. The number of likely N-dealkylation sites (N-methyl/N-ethyl adjacent to an activating group) is 1. The first-order valence-electron chi connectivity index (χ1n) is 7.87. The van der Waals surface area contributed by atoms with Crippen molar-refractivity contribution in [3.05, 3.63) is 71.0 Å². The normalized spacial score (nSPS) is 14.4. The molecule has 3 amide bonds. The second-order valence-corrected chi connectivity index (χ2v) is 5.99. The molecule has 0 spiro atoms. The van der Waals surface area contributed by atoms with Crippen molar-refractivity contribution in [2.45, 2.75) is 19.5 Å². The predicted molar refractivity (Wildman–Crippen MR) is 89.3 cm³/mol. The number of hydrogen-bond donors (Lipinski definition) is 0. The molecule has 1 heterocycles. The Morgan fingerprint density at radius 2 is 1.56 bits per heavy atom. The van der Waals surface area contributed by atoms with E-state index in [0.29, 0.717) is 16.7 Å². The molecule has 3 rings (SSSR count). The first kappa shape index (κ1) is 16.8. The zero-order valence-corrected chi connectivity index (χ0v) is 13.9. The van der Waals surface area contributed by atoms with Gasteiger partial charge in [0.25, 0.3) is 11.8 Å². The molecular formula is C19H17FN2O3. The average Bonchev–Trinajstić information content (AvgIpc) is 2.87. The van der Waals surface area contributed by atoms with Crippen LogP contribution in [0.4, 0.5) is 4.39 Å². The van der Waals surface area contributed by atoms with Gasteiger partial charge in [-0.1, -0.05) is 30.3 Å². The van der Waals surface area contributed by atoms with Crippen LogP contribution in [0, 0.1) is 5.82 Å². The van der Waals surface area contributed by atoms with Gasteiger partial charge < -0.3 is 4.90 Å². The average molecular weight is 340 g/mol. The Morgan fingerprint density at radius 3 is 2.12 bits per heavy atom. The molecule has 128 valence electrons. The number of carbonyl (C=O) groups is 3. The van der Waals surface area contributed by atoms with E-state index in [1.54, 1.807) is 42.5 Å². The Labute approximate surface area is 144 Å². The van der Waals surface area contributed by atoms with Crippen LogP contribution in [-0.4, -0.2) is 40.6 Å². The lowest BCUT2D eigenvalue weighted by atomic mass is 10.1. The largest absolute Gasteiger partial charge is 0.340 e. The zero-order valence-electron chi connectivity index (χ0n) is 13.9. The molecule has 0 aromatic heterocycles. The smallest absolute Gasteiger partial charge is 0.262 e. The lowest BCUT2D eigenvalue weighted by Gasteiger charge is -2.26. The van der Waals surface area contributed by atoms with Gasteiger partial charge in [0.1, 0.15) is 11.9 Å². The van der Waals surface area contributed by atoms with Crippen molar-refractivity contribution in [1.82, 2.24) is 9.80 Å². The van der Waals surface area contributed by atoms with E-state index < -0.39 is 29.6 Å². The van der Waals surface area contributed by atoms with Gasteiger partial charge >= 0.3 is 0 Å². The summed E-state index contributed by atoms with van der Waals surface area (Å²) < 4.78 is 13.8. The number of amides is 3. The van der Waals surface area contributed by atoms with Gasteiger partial charge in [-0.05, 0) is 25.1 Å². The van der Waals surface area contributed by atoms with Gasteiger partial charge in [0.2, 0.25) is 5.91 Å². The van der Waals surface area contributed by atoms with Crippen molar-refractivity contribution in [2.24, 2.45) is 0 Å². The summed E-state index contributed by atoms with van der Waals surface area (Å²) in [6.07, 6.45) is 0. The van der Waals surface area contributed by atoms with Gasteiger partial charge in [-0.25, -0.2) is 4.39 Å². The summed E-state index contributed by atoms with van der Waals surface area (Å²) in [7, 11) is 1.52. The Hall–Kier alpha value is -3.02. The van der Waals surface area contributed by atoms with Crippen LogP contribution in [0.25, 0.3) is 0 Å². The van der Waals surface area contributed by atoms with E-state index in [9.17, 15) is 18.8 Å². The van der Waals surface area contributed by atoms with E-state index in [1.165, 1.54) is 24.9 Å². The van der Waals surface area contributed by atoms with Gasteiger partial charge in [-0.15, -0.1) is 0 Å². The minimum Gasteiger partial charge on any atom is -0.340 e. The van der Waals surface area contributed by atoms with Crippen LogP contribution >= 0.6 is 0 Å². The monoisotopic (exact) mass is 340 g/mol. The lowest BCUT2D eigenvalue weighted by Crippen LogP contribution is -2.48. The summed E-state index contributed by atoms with van der Waals surface area (Å²) in [4.78, 5) is 39.8. The fraction of sp³-hybridized carbons (Fsp3) is 0.211. The molecule has 1 aliphatic heterocycles. The molecule has 0 bridgehead atoms. The van der Waals surface area contributed by atoms with Crippen LogP contribution in [0.5, 0.6) is 0 Å². The van der Waals surface area contributed by atoms with Crippen LogP contribution in [0.2, 0.25) is 0 Å². The number of rotatable bonds is 4. The van der Waals surface area contributed by atoms with Crippen LogP contribution < -0.4 is 0 Å². The third-order valence-corrected chi connectivity index (χ3v) is 4.31. The number of nitrogens with zero attached hydrogens (tertiary/aromatic N) is 2. The zero-order chi connectivity index (χ0) is 18.1. The third-order valence-electron chi connectivity index (χ3n) is 4.31. The highest BCUT2D eigenvalue weighted by Crippen LogP contribution is 2.25. The van der Waals surface area contributed by atoms with Gasteiger partial charge in [0, 0.05) is 19.2 Å². The maximum absolute atomic E-state index is 13.8. The summed E-state index contributed by atoms with van der Waals surface area (Å²) in [5.74, 6) is -1.81. The van der Waals surface area contributed by atoms with Crippen molar-refractivity contribution in [3.8, 4) is 0 Å². The molecule has 1 atom stereocenters. The van der Waals surface area contributed by atoms with E-state index in [0.717, 1.165) is 4.90 Å². The summed E-state index contributed by atoms with van der Waals surface area (Å²) in [6, 6.07) is 11.7. The molecule has 0 saturated carbocycles. The van der Waals surface area contributed by atoms with Crippen LogP contribution in [0.1, 0.15) is 33.2 Å². The molecule has 2 aromatic carbocycles. The predicted octanol–water partition coefficient (Wildman–Crippen LogP) is 2.47. The Kier molecular flexibility index (Phi) is 4.35. The molecule has 0 fully saturated rings. The topological polar surface area (TPSA) is 57.7 Å². The lowest BCUT2D eigenvalue weighted by molar-refractivity contribution is -0.134. The minimum atomic E-state index is -0.968. The first-order valence-corrected chi connectivity index (χ1v) is 7.87. The molecule has 25 heavy (non-hydrogen) atoms. The Morgan fingerprint density at radius 1 is 1.04 bits per heavy atom. The van der Waals surface area contributed by atoms with Crippen LogP contribution in [0.3, 0.4) is 0 Å². The van der Waals surface area contributed by atoms with Crippen LogP contribution in [0.15, 0.2) is 48.5 Å². The molecule has 5 nitrogen and oxygen atoms in total. The van der Waals surface area contributed by atoms with E-state index in [-0.39, 0.29) is 6.54 Å². The summed E-state index contributed by atoms with van der Waals surface area (Å²) in [6.45, 7) is 1.56. The standard InChI is InChI=1S/C19H17FN2O3/c1-12(17(23)21(2)11-13-7-3-6-10-16(13)20)22-18(24)14-8-4-5-9-15(14)19(22)25/h3-10,12H,11H2,1-2H3. The molecule has 0 N–H and O–H groups in total. The van der Waals surface area contributed by atoms with E-state index >= 15 is 0 Å². The molecule has 0 saturated heterocycles. The molecule has 2 aromatic rings. The molecule has 1 aliphatic rings. The van der Waals surface area contributed by atoms with Crippen molar-refractivity contribution >= 4 is 17.7 Å². The second-order valence-electron chi connectivity index (χ2n) is 5.99. The highest BCUT2D eigenvalue weighted by Gasteiger charge is 2.41. The van der Waals surface area contributed by atoms with E-state index in [1.807, 2.05) is 0 Å². The Balaban J connectivity index is 1.78. The van der Waals surface area contributed by atoms with Crippen molar-refractivity contribution in [1.29, 1.82) is 0 Å². The van der Waals surface area contributed by atoms with Gasteiger partial charge in [0.15, 0.2) is 0 Å². The quantitative estimate of drug-likeness (QED) is 0.804. The van der Waals surface area contributed by atoms with Gasteiger partial charge in [-0.3, -0.25) is 19.3 Å². The molecular weight excluding hydrogens is 323 g/mol. The molecule has 6 heteroatoms. The third kappa shape index (κ3) is 2.91. The second kappa shape index (κ2) is 6.47. The first-order chi connectivity index (χ1) is 11.9. The van der Waals surface area contributed by atoms with Gasteiger partial charge in [-0.2, -0.15) is 0 Å². The Bertz CT molecular complexity index is 830. The SMILES string of the molecule is CC(C(=O)N(C)Cc1ccccc1F)N1C(=O)c2ccccc2C1=O. The van der Waals surface area contributed by atoms with Gasteiger partial charge in [0.05, 0.1) is 11.1 Å². The van der Waals surface area contributed by atoms with E-state index in [4.69, 9.17) is 0 Å². The number of fused-ring (bicyclic) bond motifs is 1. The van der Waals surface area contributed by atoms with Crippen molar-refractivity contribution in [3.63, 3.8) is 0 Å². The molecule has 0 aliphatic carbocycles. The number of halogens is 1. The summed E-state index contributed by atoms with van der Waals surface area (Å²) in [5.41, 5.74) is 0.959. The maximum Gasteiger partial charge on any atom is 0.262 e. The summed E-state index contributed by atoms with van der Waals surface area (Å²) >= 11 is 0. The van der Waals surface area contributed by atoms with Crippen molar-refractivity contribution < 1.29 is 18.8 Å². The fourth-order valence-corrected chi connectivity index (χ4v) is 2.95. The fourth-order valence-electron chi connectivity index (χ4n) is 2.95. The number of hydrogen-bond acceptors (Lipinski definition) is 3. The molecule has 1 unspecified atom stereocenters. The minimum absolute atomic E-state index is 0.0546. The van der Waals surface area contributed by atoms with Crippen LogP contribution in [-0.2, 0) is 11.3 Å². The number of carbonyl (C=O) groups excluding carboxylic acids is 3. The maximum atomic E-state index is 13.8. The summed E-state index contributed by atoms with van der Waals surface area (Å²) in [5, 5.41) is 0. The number of benzene rings is 2. The number of imide groups is 1. The van der Waals surface area contributed by atoms with Crippen molar-refractivity contribution in [2.75, 3.05) is 7.05 Å². The van der Waals surface area contributed by atoms with E-state index in [2.05, 4.69) is 0 Å². The molecule has 0 radical (unpaired) electrons. The highest BCUT2D eigenvalue weighted by atomic mass is 19.1.